The van der Waals surface area contributed by atoms with Gasteiger partial charge < -0.3 is 9.30 Å². The average molecular weight is 461 g/mol. The predicted octanol–water partition coefficient (Wildman–Crippen LogP) is 4.25. The number of aryl methyl sites for hydroxylation is 1. The van der Waals surface area contributed by atoms with Crippen LogP contribution in [0.2, 0.25) is 0 Å². The first kappa shape index (κ1) is 23.0. The van der Waals surface area contributed by atoms with Crippen LogP contribution in [0.3, 0.4) is 0 Å². The van der Waals surface area contributed by atoms with E-state index in [0.29, 0.717) is 17.9 Å². The molecule has 0 spiro atoms. The van der Waals surface area contributed by atoms with Crippen molar-refractivity contribution in [2.45, 2.75) is 20.5 Å². The predicted molar refractivity (Wildman–Crippen MR) is 125 cm³/mol. The Hall–Kier alpha value is -4.20. The molecule has 8 heteroatoms. The van der Waals surface area contributed by atoms with Crippen LogP contribution < -0.4 is 4.74 Å². The molecule has 1 saturated heterocycles. The minimum atomic E-state index is -0.653. The lowest BCUT2D eigenvalue weighted by atomic mass is 10.1. The van der Waals surface area contributed by atoms with Crippen molar-refractivity contribution in [3.8, 4) is 11.4 Å². The first-order chi connectivity index (χ1) is 16.2. The lowest BCUT2D eigenvalue weighted by Crippen LogP contribution is -2.52. The summed E-state index contributed by atoms with van der Waals surface area (Å²) in [4.78, 5) is 38.9. The number of benzene rings is 2. The van der Waals surface area contributed by atoms with Crippen molar-refractivity contribution in [2.24, 2.45) is 0 Å². The number of carbonyl (C=O) groups is 3. The fourth-order valence-corrected chi connectivity index (χ4v) is 3.90. The Bertz CT molecular complexity index is 1280. The van der Waals surface area contributed by atoms with Crippen LogP contribution in [-0.4, -0.2) is 46.3 Å². The number of barbiturate groups is 1. The molecule has 2 aromatic carbocycles. The highest BCUT2D eigenvalue weighted by Crippen LogP contribution is 2.26. The summed E-state index contributed by atoms with van der Waals surface area (Å²) < 4.78 is 20.8. The van der Waals surface area contributed by atoms with E-state index in [0.717, 1.165) is 32.4 Å². The van der Waals surface area contributed by atoms with Crippen molar-refractivity contribution in [1.29, 1.82) is 0 Å². The van der Waals surface area contributed by atoms with Crippen LogP contribution in [0.4, 0.5) is 9.18 Å². The molecule has 4 amide bonds. The van der Waals surface area contributed by atoms with E-state index < -0.39 is 17.8 Å². The van der Waals surface area contributed by atoms with Crippen LogP contribution in [0.25, 0.3) is 11.8 Å². The van der Waals surface area contributed by atoms with Crippen LogP contribution in [-0.2, 0) is 16.2 Å². The highest BCUT2D eigenvalue weighted by atomic mass is 19.1. The zero-order valence-corrected chi connectivity index (χ0v) is 19.3. The number of nitrogens with zero attached hydrogens (tertiary/aromatic N) is 3. The Labute approximate surface area is 196 Å². The molecular weight excluding hydrogens is 437 g/mol. The molecule has 0 unspecified atom stereocenters. The summed E-state index contributed by atoms with van der Waals surface area (Å²) in [6, 6.07) is 14.9. The van der Waals surface area contributed by atoms with E-state index in [1.54, 1.807) is 12.1 Å². The molecule has 1 aliphatic heterocycles. The van der Waals surface area contributed by atoms with Crippen LogP contribution in [0.1, 0.15) is 22.5 Å². The summed E-state index contributed by atoms with van der Waals surface area (Å²) in [6.07, 6.45) is 1.53. The average Bonchev–Trinajstić information content (AvgIpc) is 3.12. The quantitative estimate of drug-likeness (QED) is 0.421. The maximum Gasteiger partial charge on any atom is 0.333 e. The van der Waals surface area contributed by atoms with Crippen LogP contribution in [0.15, 0.2) is 60.2 Å². The molecule has 0 saturated carbocycles. The normalized spacial score (nSPS) is 14.1. The summed E-state index contributed by atoms with van der Waals surface area (Å²) in [5, 5.41) is 0. The number of aromatic nitrogens is 1. The SMILES string of the molecule is Cc1cc(C=C2C(=O)N(C)C(=O)N(C)C2=O)c(C)n1-c1ccc(OCc2ccc(F)cc2)cc1. The van der Waals surface area contributed by atoms with Crippen molar-refractivity contribution < 1.29 is 23.5 Å². The summed E-state index contributed by atoms with van der Waals surface area (Å²) in [5.41, 5.74) is 4.16. The number of halogens is 1. The molecular formula is C26H24FN3O4. The molecule has 0 bridgehead atoms. The van der Waals surface area contributed by atoms with Gasteiger partial charge >= 0.3 is 6.03 Å². The highest BCUT2D eigenvalue weighted by molar-refractivity contribution is 6.30. The molecule has 1 aromatic heterocycles. The Morgan fingerprint density at radius 3 is 2.06 bits per heavy atom. The number of urea groups is 1. The van der Waals surface area contributed by atoms with E-state index in [4.69, 9.17) is 4.74 Å². The lowest BCUT2D eigenvalue weighted by Gasteiger charge is -2.28. The van der Waals surface area contributed by atoms with E-state index >= 15 is 0 Å². The minimum absolute atomic E-state index is 0.0607. The number of hydrogen-bond donors (Lipinski definition) is 0. The molecule has 0 N–H and O–H groups in total. The number of likely N-dealkylation sites (N-methyl/N-ethyl adjacent to an activating group) is 2. The van der Waals surface area contributed by atoms with Gasteiger partial charge in [0.05, 0.1) is 0 Å². The summed E-state index contributed by atoms with van der Waals surface area (Å²) in [7, 11) is 2.70. The van der Waals surface area contributed by atoms with Gasteiger partial charge in [-0.15, -0.1) is 0 Å². The molecule has 1 aliphatic rings. The van der Waals surface area contributed by atoms with Crippen molar-refractivity contribution >= 4 is 23.9 Å². The maximum atomic E-state index is 13.0. The number of rotatable bonds is 5. The molecule has 0 radical (unpaired) electrons. The summed E-state index contributed by atoms with van der Waals surface area (Å²) in [5.74, 6) is -0.863. The van der Waals surface area contributed by atoms with Gasteiger partial charge in [0, 0.05) is 31.2 Å². The Morgan fingerprint density at radius 1 is 0.882 bits per heavy atom. The van der Waals surface area contributed by atoms with Gasteiger partial charge in [0.15, 0.2) is 0 Å². The third-order valence-corrected chi connectivity index (χ3v) is 5.83. The Balaban J connectivity index is 1.57. The smallest absolute Gasteiger partial charge is 0.333 e. The van der Waals surface area contributed by atoms with Crippen LogP contribution in [0, 0.1) is 19.7 Å². The largest absolute Gasteiger partial charge is 0.489 e. The number of hydrogen-bond acceptors (Lipinski definition) is 4. The van der Waals surface area contributed by atoms with Crippen LogP contribution >= 0.6 is 0 Å². The zero-order chi connectivity index (χ0) is 24.6. The Kier molecular flexibility index (Phi) is 6.06. The molecule has 0 aliphatic carbocycles. The summed E-state index contributed by atoms with van der Waals surface area (Å²) >= 11 is 0. The van der Waals surface area contributed by atoms with Gasteiger partial charge in [-0.25, -0.2) is 9.18 Å². The van der Waals surface area contributed by atoms with Gasteiger partial charge in [0.25, 0.3) is 11.8 Å². The van der Waals surface area contributed by atoms with Gasteiger partial charge in [-0.3, -0.25) is 19.4 Å². The Morgan fingerprint density at radius 2 is 1.47 bits per heavy atom. The van der Waals surface area contributed by atoms with Gasteiger partial charge in [-0.1, -0.05) is 12.1 Å². The monoisotopic (exact) mass is 461 g/mol. The van der Waals surface area contributed by atoms with E-state index in [9.17, 15) is 18.8 Å². The molecule has 34 heavy (non-hydrogen) atoms. The molecule has 0 atom stereocenters. The van der Waals surface area contributed by atoms with E-state index in [1.165, 1.54) is 32.3 Å². The third-order valence-electron chi connectivity index (χ3n) is 5.83. The van der Waals surface area contributed by atoms with Crippen LogP contribution in [0.5, 0.6) is 5.75 Å². The van der Waals surface area contributed by atoms with E-state index in [-0.39, 0.29) is 11.4 Å². The fourth-order valence-electron chi connectivity index (χ4n) is 3.90. The molecule has 3 aromatic rings. The highest BCUT2D eigenvalue weighted by Gasteiger charge is 2.38. The lowest BCUT2D eigenvalue weighted by molar-refractivity contribution is -0.134. The molecule has 7 nitrogen and oxygen atoms in total. The number of amides is 4. The van der Waals surface area contributed by atoms with Crippen molar-refractivity contribution in [3.63, 3.8) is 0 Å². The standard InChI is InChI=1S/C26H24FN3O4/c1-16-13-19(14-23-24(31)28(3)26(33)29(4)25(23)32)17(2)30(16)21-9-11-22(12-10-21)34-15-18-5-7-20(27)8-6-18/h5-14H,15H2,1-4H3. The van der Waals surface area contributed by atoms with Gasteiger partial charge in [-0.2, -0.15) is 0 Å². The second kappa shape index (κ2) is 8.97. The van der Waals surface area contributed by atoms with Gasteiger partial charge in [-0.05, 0) is 73.5 Å². The second-order valence-corrected chi connectivity index (χ2v) is 8.14. The third kappa shape index (κ3) is 4.22. The topological polar surface area (TPSA) is 71.9 Å². The molecule has 4 rings (SSSR count). The summed E-state index contributed by atoms with van der Waals surface area (Å²) in [6.45, 7) is 4.15. The maximum absolute atomic E-state index is 13.0. The van der Waals surface area contributed by atoms with Crippen molar-refractivity contribution in [1.82, 2.24) is 14.4 Å². The van der Waals surface area contributed by atoms with Gasteiger partial charge in [0.1, 0.15) is 23.7 Å². The molecule has 174 valence electrons. The second-order valence-electron chi connectivity index (χ2n) is 8.14. The van der Waals surface area contributed by atoms with E-state index in [2.05, 4.69) is 0 Å². The van der Waals surface area contributed by atoms with Gasteiger partial charge in [0.2, 0.25) is 0 Å². The minimum Gasteiger partial charge on any atom is -0.489 e. The van der Waals surface area contributed by atoms with E-state index in [1.807, 2.05) is 48.7 Å². The first-order valence-electron chi connectivity index (χ1n) is 10.7. The fraction of sp³-hybridized carbons (Fsp3) is 0.192. The molecule has 2 heterocycles. The number of carbonyl (C=O) groups excluding carboxylic acids is 3. The number of imide groups is 2. The number of ether oxygens (including phenoxy) is 1. The van der Waals surface area contributed by atoms with Crippen molar-refractivity contribution in [2.75, 3.05) is 14.1 Å². The first-order valence-corrected chi connectivity index (χ1v) is 10.7. The van der Waals surface area contributed by atoms with Crippen molar-refractivity contribution in [3.05, 3.63) is 88.5 Å². The molecule has 1 fully saturated rings. The zero-order valence-electron chi connectivity index (χ0n) is 19.3.